The molecule has 0 aromatic rings. The Balaban J connectivity index is 2.01. The van der Waals surface area contributed by atoms with Crippen molar-refractivity contribution in [2.75, 3.05) is 19.7 Å². The van der Waals surface area contributed by atoms with Crippen LogP contribution < -0.4 is 0 Å². The van der Waals surface area contributed by atoms with E-state index in [1.54, 1.807) is 5.01 Å². The third kappa shape index (κ3) is 2.32. The van der Waals surface area contributed by atoms with Gasteiger partial charge in [-0.1, -0.05) is 12.8 Å². The summed E-state index contributed by atoms with van der Waals surface area (Å²) < 4.78 is 0. The average Bonchev–Trinajstić information content (AvgIpc) is 2.74. The molecule has 1 saturated carbocycles. The van der Waals surface area contributed by atoms with Crippen LogP contribution in [0.15, 0.2) is 0 Å². The summed E-state index contributed by atoms with van der Waals surface area (Å²) in [4.78, 5) is 11.7. The maximum absolute atomic E-state index is 11.7. The van der Waals surface area contributed by atoms with Gasteiger partial charge in [-0.25, -0.2) is 5.01 Å². The molecule has 15 heavy (non-hydrogen) atoms. The summed E-state index contributed by atoms with van der Waals surface area (Å²) in [5.74, 6) is 0.183. The Hall–Kier alpha value is -0.610. The van der Waals surface area contributed by atoms with Crippen LogP contribution >= 0.6 is 0 Å². The van der Waals surface area contributed by atoms with Gasteiger partial charge in [0.25, 0.3) is 0 Å². The summed E-state index contributed by atoms with van der Waals surface area (Å²) >= 11 is 0. The Bertz CT molecular complexity index is 227. The number of amides is 1. The number of nitrogens with zero attached hydrogens (tertiary/aromatic N) is 2. The van der Waals surface area contributed by atoms with Crippen molar-refractivity contribution in [1.29, 1.82) is 0 Å². The van der Waals surface area contributed by atoms with E-state index in [0.717, 1.165) is 13.0 Å². The molecule has 2 fully saturated rings. The summed E-state index contributed by atoms with van der Waals surface area (Å²) in [7, 11) is 0. The molecule has 86 valence electrons. The van der Waals surface area contributed by atoms with Gasteiger partial charge in [0.2, 0.25) is 5.91 Å². The Morgan fingerprint density at radius 3 is 2.67 bits per heavy atom. The van der Waals surface area contributed by atoms with Gasteiger partial charge in [0, 0.05) is 19.0 Å². The van der Waals surface area contributed by atoms with Gasteiger partial charge in [-0.3, -0.25) is 9.80 Å². The molecule has 0 atom stereocenters. The third-order valence-electron chi connectivity index (χ3n) is 3.43. The van der Waals surface area contributed by atoms with Crippen LogP contribution in [0.1, 0.15) is 38.5 Å². The molecule has 4 heteroatoms. The van der Waals surface area contributed by atoms with Gasteiger partial charge in [-0.05, 0) is 19.3 Å². The first-order valence-electron chi connectivity index (χ1n) is 6.00. The smallest absolute Gasteiger partial charge is 0.236 e. The van der Waals surface area contributed by atoms with E-state index in [-0.39, 0.29) is 12.5 Å². The van der Waals surface area contributed by atoms with E-state index in [1.165, 1.54) is 25.7 Å². The Morgan fingerprint density at radius 2 is 2.00 bits per heavy atom. The van der Waals surface area contributed by atoms with Crippen LogP contribution in [0.5, 0.6) is 0 Å². The predicted molar refractivity (Wildman–Crippen MR) is 57.0 cm³/mol. The molecule has 0 spiro atoms. The molecule has 1 aliphatic heterocycles. The number of hydrogen-bond donors (Lipinski definition) is 1. The van der Waals surface area contributed by atoms with Crippen LogP contribution in [0.4, 0.5) is 0 Å². The van der Waals surface area contributed by atoms with Gasteiger partial charge in [0.05, 0.1) is 13.2 Å². The summed E-state index contributed by atoms with van der Waals surface area (Å²) in [5.41, 5.74) is 0. The van der Waals surface area contributed by atoms with E-state index in [9.17, 15) is 4.79 Å². The second-order valence-corrected chi connectivity index (χ2v) is 4.45. The van der Waals surface area contributed by atoms with Gasteiger partial charge < -0.3 is 5.11 Å². The molecule has 1 saturated heterocycles. The van der Waals surface area contributed by atoms with Gasteiger partial charge in [-0.2, -0.15) is 0 Å². The molecule has 1 amide bonds. The van der Waals surface area contributed by atoms with Gasteiger partial charge >= 0.3 is 0 Å². The fourth-order valence-electron chi connectivity index (χ4n) is 2.72. The molecule has 1 aliphatic carbocycles. The van der Waals surface area contributed by atoms with E-state index in [0.29, 0.717) is 19.0 Å². The fourth-order valence-corrected chi connectivity index (χ4v) is 2.72. The minimum Gasteiger partial charge on any atom is -0.394 e. The first-order valence-corrected chi connectivity index (χ1v) is 6.00. The van der Waals surface area contributed by atoms with Crippen molar-refractivity contribution in [3.8, 4) is 0 Å². The highest BCUT2D eigenvalue weighted by Crippen LogP contribution is 2.27. The fraction of sp³-hybridized carbons (Fsp3) is 0.909. The lowest BCUT2D eigenvalue weighted by molar-refractivity contribution is -0.162. The van der Waals surface area contributed by atoms with Gasteiger partial charge in [-0.15, -0.1) is 0 Å². The summed E-state index contributed by atoms with van der Waals surface area (Å²) in [6.45, 7) is 1.51. The van der Waals surface area contributed by atoms with Crippen molar-refractivity contribution in [2.45, 2.75) is 44.6 Å². The molecule has 0 radical (unpaired) electrons. The number of aliphatic hydroxyl groups excluding tert-OH is 1. The summed E-state index contributed by atoms with van der Waals surface area (Å²) in [5, 5.41) is 13.0. The number of aliphatic hydroxyl groups is 1. The molecule has 4 nitrogen and oxygen atoms in total. The van der Waals surface area contributed by atoms with Crippen molar-refractivity contribution in [1.82, 2.24) is 10.0 Å². The zero-order chi connectivity index (χ0) is 10.7. The SMILES string of the molecule is O=C1CCCN(C2CCCC2)N1CCO. The molecule has 0 unspecified atom stereocenters. The van der Waals surface area contributed by atoms with Crippen molar-refractivity contribution in [3.63, 3.8) is 0 Å². The number of carbonyl (C=O) groups excluding carboxylic acids is 1. The number of hydrazine groups is 1. The Morgan fingerprint density at radius 1 is 1.27 bits per heavy atom. The lowest BCUT2D eigenvalue weighted by Gasteiger charge is -2.42. The van der Waals surface area contributed by atoms with Crippen LogP contribution in [-0.4, -0.2) is 46.8 Å². The standard InChI is InChI=1S/C11H20N2O2/c14-9-8-13-11(15)6-3-7-12(13)10-4-1-2-5-10/h10,14H,1-9H2. The summed E-state index contributed by atoms with van der Waals surface area (Å²) in [6, 6.07) is 0.542. The second-order valence-electron chi connectivity index (χ2n) is 4.45. The third-order valence-corrected chi connectivity index (χ3v) is 3.43. The molecule has 1 heterocycles. The normalized spacial score (nSPS) is 25.1. The van der Waals surface area contributed by atoms with Crippen LogP contribution in [-0.2, 0) is 4.79 Å². The second kappa shape index (κ2) is 4.94. The topological polar surface area (TPSA) is 43.8 Å². The van der Waals surface area contributed by atoms with Crippen LogP contribution in [0.2, 0.25) is 0 Å². The Kier molecular flexibility index (Phi) is 3.59. The zero-order valence-corrected chi connectivity index (χ0v) is 9.19. The van der Waals surface area contributed by atoms with E-state index in [4.69, 9.17) is 5.11 Å². The van der Waals surface area contributed by atoms with Crippen molar-refractivity contribution < 1.29 is 9.90 Å². The first kappa shape index (κ1) is 10.9. The molecule has 2 rings (SSSR count). The highest BCUT2D eigenvalue weighted by atomic mass is 16.3. The molecule has 0 aromatic carbocycles. The number of β-amino-alcohol motifs (C(OH)–C–C–N with tert-alkyl or cyclic N) is 1. The van der Waals surface area contributed by atoms with Crippen LogP contribution in [0, 0.1) is 0 Å². The van der Waals surface area contributed by atoms with E-state index in [1.807, 2.05) is 0 Å². The van der Waals surface area contributed by atoms with Crippen molar-refractivity contribution in [3.05, 3.63) is 0 Å². The van der Waals surface area contributed by atoms with Gasteiger partial charge in [0.1, 0.15) is 0 Å². The van der Waals surface area contributed by atoms with Crippen molar-refractivity contribution in [2.24, 2.45) is 0 Å². The summed E-state index contributed by atoms with van der Waals surface area (Å²) in [6.07, 6.45) is 6.58. The van der Waals surface area contributed by atoms with E-state index < -0.39 is 0 Å². The molecular formula is C11H20N2O2. The monoisotopic (exact) mass is 212 g/mol. The maximum atomic E-state index is 11.7. The molecule has 0 aromatic heterocycles. The molecular weight excluding hydrogens is 192 g/mol. The largest absolute Gasteiger partial charge is 0.394 e. The lowest BCUT2D eigenvalue weighted by Crippen LogP contribution is -2.55. The number of rotatable bonds is 3. The average molecular weight is 212 g/mol. The van der Waals surface area contributed by atoms with E-state index >= 15 is 0 Å². The zero-order valence-electron chi connectivity index (χ0n) is 9.19. The highest BCUT2D eigenvalue weighted by Gasteiger charge is 2.32. The molecule has 2 aliphatic rings. The highest BCUT2D eigenvalue weighted by molar-refractivity contribution is 5.76. The predicted octanol–water partition coefficient (Wildman–Crippen LogP) is 0.761. The lowest BCUT2D eigenvalue weighted by atomic mass is 10.1. The Labute approximate surface area is 90.8 Å². The van der Waals surface area contributed by atoms with Crippen LogP contribution in [0.3, 0.4) is 0 Å². The molecule has 0 bridgehead atoms. The van der Waals surface area contributed by atoms with E-state index in [2.05, 4.69) is 5.01 Å². The van der Waals surface area contributed by atoms with Crippen LogP contribution in [0.25, 0.3) is 0 Å². The minimum atomic E-state index is 0.0644. The number of hydrogen-bond acceptors (Lipinski definition) is 3. The number of carbonyl (C=O) groups is 1. The maximum Gasteiger partial charge on any atom is 0.236 e. The minimum absolute atomic E-state index is 0.0644. The molecule has 1 N–H and O–H groups in total. The first-order chi connectivity index (χ1) is 7.33. The van der Waals surface area contributed by atoms with Crippen molar-refractivity contribution >= 4 is 5.91 Å². The quantitative estimate of drug-likeness (QED) is 0.751. The van der Waals surface area contributed by atoms with Gasteiger partial charge in [0.15, 0.2) is 0 Å².